The number of benzene rings is 1. The highest BCUT2D eigenvalue weighted by Crippen LogP contribution is 2.30. The summed E-state index contributed by atoms with van der Waals surface area (Å²) >= 11 is 0. The van der Waals surface area contributed by atoms with Crippen molar-refractivity contribution in [3.63, 3.8) is 0 Å². The number of carbonyl (C=O) groups excluding carboxylic acids is 1. The van der Waals surface area contributed by atoms with Gasteiger partial charge in [0.25, 0.3) is 5.91 Å². The van der Waals surface area contributed by atoms with E-state index < -0.39 is 45.0 Å². The maximum absolute atomic E-state index is 13.6. The molecule has 1 aromatic heterocycles. The van der Waals surface area contributed by atoms with Crippen LogP contribution in [0.25, 0.3) is 0 Å². The number of aliphatic hydroxyl groups is 1. The van der Waals surface area contributed by atoms with Crippen molar-refractivity contribution in [3.8, 4) is 5.75 Å². The zero-order valence-electron chi connectivity index (χ0n) is 23.2. The van der Waals surface area contributed by atoms with Crippen molar-refractivity contribution < 1.29 is 36.6 Å². The molecule has 1 aromatic carbocycles. The lowest BCUT2D eigenvalue weighted by molar-refractivity contribution is 0.0560. The van der Waals surface area contributed by atoms with E-state index in [1.54, 1.807) is 13.8 Å². The third-order valence-corrected chi connectivity index (χ3v) is 8.62. The molecule has 10 nitrogen and oxygen atoms in total. The Morgan fingerprint density at radius 2 is 1.82 bits per heavy atom. The van der Waals surface area contributed by atoms with Gasteiger partial charge in [-0.2, -0.15) is 0 Å². The summed E-state index contributed by atoms with van der Waals surface area (Å²) in [6, 6.07) is 4.48. The quantitative estimate of drug-likeness (QED) is 0.273. The molecule has 2 unspecified atom stereocenters. The first-order valence-electron chi connectivity index (χ1n) is 12.8. The molecule has 1 amide bonds. The SMILES string of the molecule is COCCC(O)C(COc1cc(F)cc(F)c1)NC(=O)c1cc(NCC2=C(C)C2)nc(N(C)S(=O)(=O)C(C)C)c1. The van der Waals surface area contributed by atoms with Crippen LogP contribution in [0.2, 0.25) is 0 Å². The van der Waals surface area contributed by atoms with Gasteiger partial charge in [-0.15, -0.1) is 0 Å². The van der Waals surface area contributed by atoms with E-state index in [1.807, 2.05) is 6.92 Å². The molecule has 3 N–H and O–H groups in total. The minimum absolute atomic E-state index is 0.0355. The van der Waals surface area contributed by atoms with E-state index in [2.05, 4.69) is 15.6 Å². The van der Waals surface area contributed by atoms with Crippen LogP contribution in [0.5, 0.6) is 5.75 Å². The molecule has 1 aliphatic rings. The lowest BCUT2D eigenvalue weighted by atomic mass is 10.1. The molecule has 3 rings (SSSR count). The van der Waals surface area contributed by atoms with Crippen LogP contribution in [-0.4, -0.2) is 75.7 Å². The van der Waals surface area contributed by atoms with Crippen LogP contribution in [0.15, 0.2) is 41.5 Å². The molecule has 0 fully saturated rings. The largest absolute Gasteiger partial charge is 0.491 e. The zero-order chi connectivity index (χ0) is 29.6. The molecular formula is C27H36F2N4O6S. The number of amides is 1. The van der Waals surface area contributed by atoms with Crippen molar-refractivity contribution in [2.45, 2.75) is 51.0 Å². The number of hydrogen-bond donors (Lipinski definition) is 3. The smallest absolute Gasteiger partial charge is 0.251 e. The summed E-state index contributed by atoms with van der Waals surface area (Å²) in [5, 5.41) is 15.8. The van der Waals surface area contributed by atoms with Crippen LogP contribution in [0.4, 0.5) is 20.4 Å². The molecular weight excluding hydrogens is 546 g/mol. The van der Waals surface area contributed by atoms with Gasteiger partial charge < -0.3 is 25.2 Å². The third kappa shape index (κ3) is 8.35. The van der Waals surface area contributed by atoms with Crippen molar-refractivity contribution >= 4 is 27.6 Å². The van der Waals surface area contributed by atoms with E-state index in [9.17, 15) is 27.1 Å². The molecule has 0 saturated heterocycles. The molecule has 40 heavy (non-hydrogen) atoms. The van der Waals surface area contributed by atoms with Crippen molar-refractivity contribution in [2.75, 3.05) is 43.5 Å². The molecule has 2 atom stereocenters. The summed E-state index contributed by atoms with van der Waals surface area (Å²) in [6.45, 7) is 5.47. The number of anilines is 2. The Labute approximate surface area is 233 Å². The topological polar surface area (TPSA) is 130 Å². The van der Waals surface area contributed by atoms with E-state index in [0.29, 0.717) is 18.4 Å². The number of aliphatic hydroxyl groups excluding tert-OH is 1. The average molecular weight is 583 g/mol. The second-order valence-electron chi connectivity index (χ2n) is 9.92. The van der Waals surface area contributed by atoms with Crippen LogP contribution < -0.4 is 19.7 Å². The fourth-order valence-electron chi connectivity index (χ4n) is 3.77. The van der Waals surface area contributed by atoms with Gasteiger partial charge in [-0.25, -0.2) is 22.2 Å². The van der Waals surface area contributed by atoms with Gasteiger partial charge in [-0.1, -0.05) is 5.57 Å². The standard InChI is InChI=1S/C27H36F2N4O6S/c1-16(2)40(36,37)33(4)26-10-18(9-25(32-26)30-14-19-8-17(19)3)27(35)31-23(24(34)6-7-38-5)15-39-22-12-20(28)11-21(29)13-22/h9-13,16,23-24,34H,6-8,14-15H2,1-5H3,(H,30,32)(H,31,35). The highest BCUT2D eigenvalue weighted by Gasteiger charge is 2.27. The molecule has 2 aromatic rings. The Bertz CT molecular complexity index is 1330. The molecule has 0 radical (unpaired) electrons. The van der Waals surface area contributed by atoms with E-state index >= 15 is 0 Å². The summed E-state index contributed by atoms with van der Waals surface area (Å²) in [4.78, 5) is 17.8. The van der Waals surface area contributed by atoms with Gasteiger partial charge in [0.05, 0.1) is 17.4 Å². The highest BCUT2D eigenvalue weighted by atomic mass is 32.2. The number of allylic oxidation sites excluding steroid dienone is 1. The number of aromatic nitrogens is 1. The maximum Gasteiger partial charge on any atom is 0.251 e. The first kappa shape index (κ1) is 31.2. The Balaban J connectivity index is 1.87. The molecule has 13 heteroatoms. The number of hydrogen-bond acceptors (Lipinski definition) is 8. The van der Waals surface area contributed by atoms with Crippen LogP contribution in [-0.2, 0) is 14.8 Å². The predicted molar refractivity (Wildman–Crippen MR) is 148 cm³/mol. The number of methoxy groups -OCH3 is 1. The van der Waals surface area contributed by atoms with Gasteiger partial charge in [0, 0.05) is 51.1 Å². The first-order chi connectivity index (χ1) is 18.8. The van der Waals surface area contributed by atoms with Gasteiger partial charge in [0.15, 0.2) is 0 Å². The Morgan fingerprint density at radius 3 is 2.40 bits per heavy atom. The summed E-state index contributed by atoms with van der Waals surface area (Å²) < 4.78 is 64.4. The summed E-state index contributed by atoms with van der Waals surface area (Å²) in [5.41, 5.74) is 2.54. The minimum atomic E-state index is -3.74. The minimum Gasteiger partial charge on any atom is -0.491 e. The van der Waals surface area contributed by atoms with E-state index in [1.165, 1.54) is 37.4 Å². The van der Waals surface area contributed by atoms with E-state index in [0.717, 1.165) is 22.9 Å². The van der Waals surface area contributed by atoms with Crippen LogP contribution in [0.3, 0.4) is 0 Å². The predicted octanol–water partition coefficient (Wildman–Crippen LogP) is 3.24. The number of halogens is 2. The van der Waals surface area contributed by atoms with Crippen LogP contribution in [0.1, 0.15) is 44.0 Å². The van der Waals surface area contributed by atoms with Gasteiger partial charge in [0.1, 0.15) is 35.6 Å². The number of nitrogens with zero attached hydrogens (tertiary/aromatic N) is 2. The van der Waals surface area contributed by atoms with Crippen molar-refractivity contribution in [1.82, 2.24) is 10.3 Å². The van der Waals surface area contributed by atoms with E-state index in [-0.39, 0.29) is 36.8 Å². The van der Waals surface area contributed by atoms with Gasteiger partial charge in [0.2, 0.25) is 10.0 Å². The van der Waals surface area contributed by atoms with Gasteiger partial charge in [-0.3, -0.25) is 9.10 Å². The number of pyridine rings is 1. The summed E-state index contributed by atoms with van der Waals surface area (Å²) in [6.07, 6.45) is -0.0895. The Kier molecular flexibility index (Phi) is 10.4. The number of rotatable bonds is 15. The number of carbonyl (C=O) groups is 1. The molecule has 0 spiro atoms. The molecule has 220 valence electrons. The molecule has 0 aliphatic heterocycles. The number of ether oxygens (including phenoxy) is 2. The van der Waals surface area contributed by atoms with Crippen LogP contribution in [0, 0.1) is 11.6 Å². The monoisotopic (exact) mass is 582 g/mol. The van der Waals surface area contributed by atoms with Crippen molar-refractivity contribution in [2.24, 2.45) is 0 Å². The lowest BCUT2D eigenvalue weighted by Crippen LogP contribution is -2.47. The fraction of sp³-hybridized carbons (Fsp3) is 0.481. The van der Waals surface area contributed by atoms with Gasteiger partial charge in [-0.05, 0) is 51.3 Å². The van der Waals surface area contributed by atoms with Gasteiger partial charge >= 0.3 is 0 Å². The lowest BCUT2D eigenvalue weighted by Gasteiger charge is -2.25. The second-order valence-corrected chi connectivity index (χ2v) is 12.4. The molecule has 0 saturated carbocycles. The number of nitrogens with one attached hydrogen (secondary N) is 2. The van der Waals surface area contributed by atoms with Crippen molar-refractivity contribution in [3.05, 3.63) is 58.7 Å². The zero-order valence-corrected chi connectivity index (χ0v) is 24.0. The number of sulfonamides is 1. The van der Waals surface area contributed by atoms with E-state index in [4.69, 9.17) is 9.47 Å². The van der Waals surface area contributed by atoms with Crippen LogP contribution >= 0.6 is 0 Å². The first-order valence-corrected chi connectivity index (χ1v) is 14.3. The molecule has 1 heterocycles. The summed E-state index contributed by atoms with van der Waals surface area (Å²) in [7, 11) is -0.923. The second kappa shape index (κ2) is 13.4. The summed E-state index contributed by atoms with van der Waals surface area (Å²) in [5.74, 6) is -2.09. The average Bonchev–Trinajstić information content (AvgIpc) is 3.61. The van der Waals surface area contributed by atoms with Crippen molar-refractivity contribution in [1.29, 1.82) is 0 Å². The molecule has 1 aliphatic carbocycles. The highest BCUT2D eigenvalue weighted by molar-refractivity contribution is 7.93. The molecule has 0 bridgehead atoms. The third-order valence-electron chi connectivity index (χ3n) is 6.48. The Morgan fingerprint density at radius 1 is 1.18 bits per heavy atom. The normalized spacial score (nSPS) is 14.6. The maximum atomic E-state index is 13.6. The fourth-order valence-corrected chi connectivity index (χ4v) is 4.76. The Hall–Kier alpha value is -3.29.